The Bertz CT molecular complexity index is 545. The van der Waals surface area contributed by atoms with Crippen LogP contribution in [0, 0.1) is 5.92 Å². The Morgan fingerprint density at radius 2 is 1.95 bits per heavy atom. The Morgan fingerprint density at radius 3 is 2.55 bits per heavy atom. The van der Waals surface area contributed by atoms with Gasteiger partial charge in [0.1, 0.15) is 17.8 Å². The molecule has 0 aromatic carbocycles. The van der Waals surface area contributed by atoms with Crippen molar-refractivity contribution in [2.75, 3.05) is 6.61 Å². The van der Waals surface area contributed by atoms with Gasteiger partial charge in [0.25, 0.3) is 0 Å². The summed E-state index contributed by atoms with van der Waals surface area (Å²) in [5.74, 6) is -2.68. The maximum atomic E-state index is 11.9. The summed E-state index contributed by atoms with van der Waals surface area (Å²) in [5.41, 5.74) is 7.14. The van der Waals surface area contributed by atoms with Crippen LogP contribution < -0.4 is 16.8 Å². The molecule has 0 aromatic rings. The maximum Gasteiger partial charge on any atom is 0.338 e. The molecule has 0 amide bonds. The lowest BCUT2D eigenvalue weighted by molar-refractivity contribution is -0.302. The van der Waals surface area contributed by atoms with E-state index in [0.717, 1.165) is 0 Å². The van der Waals surface area contributed by atoms with Crippen molar-refractivity contribution in [3.8, 4) is 0 Å². The van der Waals surface area contributed by atoms with Crippen molar-refractivity contribution in [3.63, 3.8) is 0 Å². The molecule has 10 N–H and O–H groups in total. The Morgan fingerprint density at radius 1 is 1.32 bits per heavy atom. The lowest BCUT2D eigenvalue weighted by Crippen LogP contribution is -2.89. The van der Waals surface area contributed by atoms with Crippen LogP contribution in [0.15, 0.2) is 4.99 Å². The van der Waals surface area contributed by atoms with Gasteiger partial charge in [-0.25, -0.2) is 9.79 Å². The smallest absolute Gasteiger partial charge is 0.338 e. The number of hydrogen-bond donors (Lipinski definition) is 8. The predicted molar refractivity (Wildman–Crippen MR) is 68.9 cm³/mol. The van der Waals surface area contributed by atoms with Gasteiger partial charge in [-0.1, -0.05) is 0 Å². The van der Waals surface area contributed by atoms with Crippen molar-refractivity contribution < 1.29 is 35.1 Å². The van der Waals surface area contributed by atoms with Crippen molar-refractivity contribution in [2.45, 2.75) is 41.7 Å². The summed E-state index contributed by atoms with van der Waals surface area (Å²) < 4.78 is 4.80. The minimum atomic E-state index is -2.36. The molecule has 124 valence electrons. The monoisotopic (exact) mass is 318 g/mol. The molecular weight excluding hydrogens is 300 g/mol. The van der Waals surface area contributed by atoms with E-state index in [0.29, 0.717) is 0 Å². The number of hydrogen-bond acceptors (Lipinski definition) is 11. The number of guanidine groups is 1. The number of nitrogens with one attached hydrogen (secondary N) is 1. The molecule has 1 aliphatic carbocycles. The van der Waals surface area contributed by atoms with Gasteiger partial charge in [-0.15, -0.1) is 0 Å². The van der Waals surface area contributed by atoms with Crippen LogP contribution in [0.1, 0.15) is 0 Å². The minimum Gasteiger partial charge on any atom is -0.454 e. The summed E-state index contributed by atoms with van der Waals surface area (Å²) in [6.07, 6.45) is -8.24. The van der Waals surface area contributed by atoms with E-state index in [2.05, 4.69) is 10.3 Å². The lowest BCUT2D eigenvalue weighted by atomic mass is 9.57. The van der Waals surface area contributed by atoms with Crippen LogP contribution in [0.25, 0.3) is 0 Å². The average Bonchev–Trinajstić information content (AvgIpc) is 2.46. The van der Waals surface area contributed by atoms with Crippen molar-refractivity contribution in [1.82, 2.24) is 5.32 Å². The van der Waals surface area contributed by atoms with Crippen LogP contribution in [-0.4, -0.2) is 85.8 Å². The summed E-state index contributed by atoms with van der Waals surface area (Å²) in [4.78, 5) is 15.7. The minimum absolute atomic E-state index is 0.239. The predicted octanol–water partition coefficient (Wildman–Crippen LogP) is -5.71. The van der Waals surface area contributed by atoms with Crippen LogP contribution in [0.4, 0.5) is 0 Å². The van der Waals surface area contributed by atoms with Gasteiger partial charge in [-0.2, -0.15) is 0 Å². The molecule has 1 saturated carbocycles. The number of ether oxygens (including phenoxy) is 1. The van der Waals surface area contributed by atoms with Crippen molar-refractivity contribution in [3.05, 3.63) is 0 Å². The van der Waals surface area contributed by atoms with E-state index in [-0.39, 0.29) is 5.96 Å². The van der Waals surface area contributed by atoms with E-state index in [9.17, 15) is 30.3 Å². The van der Waals surface area contributed by atoms with Gasteiger partial charge in [0.2, 0.25) is 0 Å². The van der Waals surface area contributed by atoms with E-state index in [1.54, 1.807) is 0 Å². The molecule has 3 rings (SSSR count). The second kappa shape index (κ2) is 4.50. The number of esters is 1. The number of fused-ring (bicyclic) bond motifs is 1. The van der Waals surface area contributed by atoms with Gasteiger partial charge in [0, 0.05) is 0 Å². The number of carbonyl (C=O) groups is 1. The summed E-state index contributed by atoms with van der Waals surface area (Å²) in [6.45, 7) is -1.00. The lowest BCUT2D eigenvalue weighted by Gasteiger charge is -2.62. The van der Waals surface area contributed by atoms with Crippen molar-refractivity contribution >= 4 is 11.9 Å². The molecule has 8 atom stereocenters. The van der Waals surface area contributed by atoms with E-state index in [1.165, 1.54) is 0 Å². The highest BCUT2D eigenvalue weighted by molar-refractivity contribution is 5.85. The topological polar surface area (TPSA) is 204 Å². The number of nitrogens with zero attached hydrogens (tertiary/aromatic N) is 1. The number of aliphatic hydroxyl groups is 5. The molecule has 0 radical (unpaired) electrons. The molecule has 1 spiro atoms. The van der Waals surface area contributed by atoms with E-state index in [1.807, 2.05) is 0 Å². The molecule has 22 heavy (non-hydrogen) atoms. The first kappa shape index (κ1) is 15.4. The first-order valence-electron chi connectivity index (χ1n) is 6.65. The van der Waals surface area contributed by atoms with Crippen molar-refractivity contribution in [1.29, 1.82) is 0 Å². The highest BCUT2D eigenvalue weighted by Gasteiger charge is 2.74. The second-order valence-corrected chi connectivity index (χ2v) is 5.89. The number of nitrogens with two attached hydrogens (primary N) is 2. The Hall–Kier alpha value is -1.50. The molecule has 2 fully saturated rings. The van der Waals surface area contributed by atoms with E-state index in [4.69, 9.17) is 16.2 Å². The van der Waals surface area contributed by atoms with Gasteiger partial charge >= 0.3 is 5.97 Å². The van der Waals surface area contributed by atoms with E-state index >= 15 is 0 Å². The molecule has 11 nitrogen and oxygen atoms in total. The summed E-state index contributed by atoms with van der Waals surface area (Å²) in [5, 5.41) is 53.6. The normalized spacial score (nSPS) is 53.9. The Labute approximate surface area is 124 Å². The second-order valence-electron chi connectivity index (χ2n) is 5.89. The zero-order valence-corrected chi connectivity index (χ0v) is 11.3. The number of aliphatic imine (C=N–C) groups is 1. The molecule has 2 heterocycles. The molecule has 0 aromatic heterocycles. The highest BCUT2D eigenvalue weighted by atomic mass is 16.6. The van der Waals surface area contributed by atoms with Crippen LogP contribution in [0.2, 0.25) is 0 Å². The Balaban J connectivity index is 2.22. The third-order valence-electron chi connectivity index (χ3n) is 4.85. The first-order chi connectivity index (χ1) is 10.2. The standard InChI is InChI=1S/C11H18N4O7/c12-7-2-3(17)10(21,1-16)6-4(18)11(2,15-9(13)14-7)5(19)8(20)22-6/h2-7,16-19,21H,1,12H2,(H3,13,14,15)/t2-,3+,4?,5-,6-,7+,10+,11?/m1/s1. The van der Waals surface area contributed by atoms with Gasteiger partial charge in [-0.05, 0) is 0 Å². The van der Waals surface area contributed by atoms with Gasteiger partial charge in [0.05, 0.1) is 18.6 Å². The average molecular weight is 318 g/mol. The zero-order chi connectivity index (χ0) is 16.4. The fourth-order valence-corrected chi connectivity index (χ4v) is 3.73. The fourth-order valence-electron chi connectivity index (χ4n) is 3.73. The number of carbonyl (C=O) groups excluding carboxylic acids is 1. The van der Waals surface area contributed by atoms with Crippen LogP contribution >= 0.6 is 0 Å². The largest absolute Gasteiger partial charge is 0.454 e. The quantitative estimate of drug-likeness (QED) is 0.215. The summed E-state index contributed by atoms with van der Waals surface area (Å²) in [7, 11) is 0. The van der Waals surface area contributed by atoms with Gasteiger partial charge in [0.15, 0.2) is 23.8 Å². The van der Waals surface area contributed by atoms with Crippen LogP contribution in [0.3, 0.4) is 0 Å². The Kier molecular flexibility index (Phi) is 3.15. The molecule has 1 saturated heterocycles. The first-order valence-corrected chi connectivity index (χ1v) is 6.65. The molecule has 2 bridgehead atoms. The van der Waals surface area contributed by atoms with Gasteiger partial charge < -0.3 is 47.1 Å². The third kappa shape index (κ3) is 1.55. The van der Waals surface area contributed by atoms with Gasteiger partial charge in [-0.3, -0.25) is 0 Å². The fraction of sp³-hybridized carbons (Fsp3) is 0.818. The number of aliphatic hydroxyl groups excluding tert-OH is 4. The molecule has 3 aliphatic rings. The molecule has 2 unspecified atom stereocenters. The third-order valence-corrected chi connectivity index (χ3v) is 4.85. The summed E-state index contributed by atoms with van der Waals surface area (Å²) in [6, 6.07) is 0. The maximum absolute atomic E-state index is 11.9. The summed E-state index contributed by atoms with van der Waals surface area (Å²) >= 11 is 0. The highest BCUT2D eigenvalue weighted by Crippen LogP contribution is 2.48. The van der Waals surface area contributed by atoms with Crippen LogP contribution in [-0.2, 0) is 9.53 Å². The van der Waals surface area contributed by atoms with Crippen LogP contribution in [0.5, 0.6) is 0 Å². The molecule has 2 aliphatic heterocycles. The molecule has 11 heteroatoms. The van der Waals surface area contributed by atoms with E-state index < -0.39 is 60.2 Å². The zero-order valence-electron chi connectivity index (χ0n) is 11.3. The van der Waals surface area contributed by atoms with Crippen molar-refractivity contribution in [2.24, 2.45) is 22.4 Å². The SMILES string of the molecule is NC1=N[C@H](N)[C@H]2[C@H](O)[C@@](O)(CO)[C@@H]3OC(=O)[C@@H](O)C2(N1)C3O. The molecular formula is C11H18N4O7. The number of rotatable bonds is 1.